The Morgan fingerprint density at radius 2 is 1.59 bits per heavy atom. The normalized spacial score (nSPS) is 11.6. The molecule has 0 radical (unpaired) electrons. The summed E-state index contributed by atoms with van der Waals surface area (Å²) in [5.74, 6) is 0.339. The first kappa shape index (κ1) is 13.4. The van der Waals surface area contributed by atoms with Gasteiger partial charge in [0.2, 0.25) is 0 Å². The van der Waals surface area contributed by atoms with Crippen LogP contribution in [0.2, 0.25) is 0 Å². The highest BCUT2D eigenvalue weighted by molar-refractivity contribution is 7.25. The van der Waals surface area contributed by atoms with Gasteiger partial charge in [-0.05, 0) is 12.0 Å². The fourth-order valence-electron chi connectivity index (χ4n) is 2.75. The molecule has 0 N–H and O–H groups in total. The standard InChI is InChI=1S/C19H16N2S/c1-12(2)16-17(13-8-4-3-5-9-13)21-19-18(20-16)14-10-6-7-11-15(14)22-19/h3-12H,1-2H3. The maximum absolute atomic E-state index is 4.99. The Bertz CT molecular complexity index is 955. The maximum atomic E-state index is 4.99. The molecule has 0 unspecified atom stereocenters. The van der Waals surface area contributed by atoms with Gasteiger partial charge in [-0.25, -0.2) is 9.97 Å². The third kappa shape index (κ3) is 2.09. The maximum Gasteiger partial charge on any atom is 0.143 e. The van der Waals surface area contributed by atoms with E-state index in [2.05, 4.69) is 62.4 Å². The van der Waals surface area contributed by atoms with Crippen LogP contribution in [-0.2, 0) is 0 Å². The number of fused-ring (bicyclic) bond motifs is 3. The number of nitrogens with zero attached hydrogens (tertiary/aromatic N) is 2. The molecule has 3 heteroatoms. The van der Waals surface area contributed by atoms with E-state index in [1.54, 1.807) is 11.3 Å². The molecule has 4 rings (SSSR count). The Morgan fingerprint density at radius 1 is 0.864 bits per heavy atom. The van der Waals surface area contributed by atoms with Crippen molar-refractivity contribution in [2.24, 2.45) is 0 Å². The van der Waals surface area contributed by atoms with Crippen LogP contribution in [0.4, 0.5) is 0 Å². The van der Waals surface area contributed by atoms with E-state index < -0.39 is 0 Å². The van der Waals surface area contributed by atoms with Crippen LogP contribution in [-0.4, -0.2) is 9.97 Å². The molecule has 108 valence electrons. The van der Waals surface area contributed by atoms with E-state index in [1.807, 2.05) is 6.07 Å². The lowest BCUT2D eigenvalue weighted by molar-refractivity contribution is 0.826. The minimum absolute atomic E-state index is 0.339. The Morgan fingerprint density at radius 3 is 2.36 bits per heavy atom. The fourth-order valence-corrected chi connectivity index (χ4v) is 3.76. The van der Waals surface area contributed by atoms with Gasteiger partial charge >= 0.3 is 0 Å². The molecule has 4 aromatic rings. The van der Waals surface area contributed by atoms with Crippen molar-refractivity contribution in [3.05, 3.63) is 60.3 Å². The van der Waals surface area contributed by atoms with Gasteiger partial charge in [0.15, 0.2) is 0 Å². The smallest absolute Gasteiger partial charge is 0.143 e. The van der Waals surface area contributed by atoms with Crippen LogP contribution in [0.5, 0.6) is 0 Å². The topological polar surface area (TPSA) is 25.8 Å². The van der Waals surface area contributed by atoms with E-state index in [0.717, 1.165) is 27.3 Å². The Kier molecular flexibility index (Phi) is 3.16. The summed E-state index contributed by atoms with van der Waals surface area (Å²) in [7, 11) is 0. The Hall–Kier alpha value is -2.26. The second-order valence-corrected chi connectivity index (χ2v) is 6.76. The molecule has 22 heavy (non-hydrogen) atoms. The molecule has 0 bridgehead atoms. The van der Waals surface area contributed by atoms with Crippen molar-refractivity contribution in [3.63, 3.8) is 0 Å². The molecule has 0 saturated heterocycles. The summed E-state index contributed by atoms with van der Waals surface area (Å²) in [4.78, 5) is 11.0. The fraction of sp³-hybridized carbons (Fsp3) is 0.158. The largest absolute Gasteiger partial charge is 0.247 e. The Balaban J connectivity index is 2.08. The van der Waals surface area contributed by atoms with Crippen molar-refractivity contribution in [2.75, 3.05) is 0 Å². The van der Waals surface area contributed by atoms with E-state index in [4.69, 9.17) is 9.97 Å². The van der Waals surface area contributed by atoms with Gasteiger partial charge in [-0.2, -0.15) is 0 Å². The summed E-state index contributed by atoms with van der Waals surface area (Å²) in [6, 6.07) is 18.8. The second-order valence-electron chi connectivity index (χ2n) is 5.73. The van der Waals surface area contributed by atoms with Gasteiger partial charge in [-0.15, -0.1) is 11.3 Å². The average Bonchev–Trinajstić information content (AvgIpc) is 2.92. The molecular weight excluding hydrogens is 288 g/mol. The molecule has 2 aromatic carbocycles. The highest BCUT2D eigenvalue weighted by atomic mass is 32.1. The zero-order valence-electron chi connectivity index (χ0n) is 12.6. The van der Waals surface area contributed by atoms with Gasteiger partial charge in [-0.3, -0.25) is 0 Å². The van der Waals surface area contributed by atoms with Gasteiger partial charge in [0.05, 0.1) is 11.4 Å². The van der Waals surface area contributed by atoms with Crippen molar-refractivity contribution in [2.45, 2.75) is 19.8 Å². The zero-order chi connectivity index (χ0) is 15.1. The minimum atomic E-state index is 0.339. The number of rotatable bonds is 2. The summed E-state index contributed by atoms with van der Waals surface area (Å²) in [5, 5.41) is 1.21. The Labute approximate surface area is 133 Å². The monoisotopic (exact) mass is 304 g/mol. The molecular formula is C19H16N2S. The van der Waals surface area contributed by atoms with Crippen molar-refractivity contribution in [1.29, 1.82) is 0 Å². The van der Waals surface area contributed by atoms with E-state index in [-0.39, 0.29) is 0 Å². The van der Waals surface area contributed by atoms with Gasteiger partial charge in [-0.1, -0.05) is 62.4 Å². The third-order valence-corrected chi connectivity index (χ3v) is 4.89. The van der Waals surface area contributed by atoms with Crippen LogP contribution in [0.3, 0.4) is 0 Å². The predicted octanol–water partition coefficient (Wildman–Crippen LogP) is 5.63. The first-order valence-corrected chi connectivity index (χ1v) is 8.30. The number of hydrogen-bond acceptors (Lipinski definition) is 3. The molecule has 0 saturated carbocycles. The summed E-state index contributed by atoms with van der Waals surface area (Å²) >= 11 is 1.72. The lowest BCUT2D eigenvalue weighted by Gasteiger charge is -2.11. The van der Waals surface area contributed by atoms with Crippen molar-refractivity contribution in [1.82, 2.24) is 9.97 Å². The first-order chi connectivity index (χ1) is 10.7. The summed E-state index contributed by atoms with van der Waals surface area (Å²) < 4.78 is 1.25. The van der Waals surface area contributed by atoms with Crippen LogP contribution < -0.4 is 0 Å². The van der Waals surface area contributed by atoms with Gasteiger partial charge in [0, 0.05) is 15.6 Å². The SMILES string of the molecule is CC(C)c1nc2c(nc1-c1ccccc1)sc1ccccc12. The average molecular weight is 304 g/mol. The van der Waals surface area contributed by atoms with Crippen LogP contribution >= 0.6 is 11.3 Å². The van der Waals surface area contributed by atoms with Crippen molar-refractivity contribution >= 4 is 31.8 Å². The van der Waals surface area contributed by atoms with Gasteiger partial charge in [0.25, 0.3) is 0 Å². The molecule has 0 aliphatic heterocycles. The minimum Gasteiger partial charge on any atom is -0.247 e. The molecule has 0 atom stereocenters. The molecule has 2 aromatic heterocycles. The van der Waals surface area contributed by atoms with E-state index in [0.29, 0.717) is 5.92 Å². The van der Waals surface area contributed by atoms with Crippen molar-refractivity contribution < 1.29 is 0 Å². The first-order valence-electron chi connectivity index (χ1n) is 7.48. The number of benzene rings is 2. The molecule has 2 heterocycles. The molecule has 0 aliphatic carbocycles. The second kappa shape index (κ2) is 5.18. The summed E-state index contributed by atoms with van der Waals surface area (Å²) in [6.07, 6.45) is 0. The van der Waals surface area contributed by atoms with Crippen LogP contribution in [0, 0.1) is 0 Å². The molecule has 0 aliphatic rings. The van der Waals surface area contributed by atoms with E-state index in [9.17, 15) is 0 Å². The lowest BCUT2D eigenvalue weighted by atomic mass is 10.0. The highest BCUT2D eigenvalue weighted by Gasteiger charge is 2.16. The van der Waals surface area contributed by atoms with Crippen molar-refractivity contribution in [3.8, 4) is 11.3 Å². The lowest BCUT2D eigenvalue weighted by Crippen LogP contribution is -1.99. The third-order valence-electron chi connectivity index (χ3n) is 3.83. The van der Waals surface area contributed by atoms with Crippen LogP contribution in [0.25, 0.3) is 31.7 Å². The summed E-state index contributed by atoms with van der Waals surface area (Å²) in [5.41, 5.74) is 4.25. The molecule has 0 spiro atoms. The summed E-state index contributed by atoms with van der Waals surface area (Å²) in [6.45, 7) is 4.35. The van der Waals surface area contributed by atoms with Crippen LogP contribution in [0.15, 0.2) is 54.6 Å². The van der Waals surface area contributed by atoms with Gasteiger partial charge < -0.3 is 0 Å². The zero-order valence-corrected chi connectivity index (χ0v) is 13.4. The quantitative estimate of drug-likeness (QED) is 0.479. The van der Waals surface area contributed by atoms with E-state index in [1.165, 1.54) is 10.1 Å². The molecule has 2 nitrogen and oxygen atoms in total. The van der Waals surface area contributed by atoms with Crippen LogP contribution in [0.1, 0.15) is 25.5 Å². The number of thiophene rings is 1. The van der Waals surface area contributed by atoms with E-state index >= 15 is 0 Å². The predicted molar refractivity (Wildman–Crippen MR) is 94.4 cm³/mol. The highest BCUT2D eigenvalue weighted by Crippen LogP contribution is 2.35. The molecule has 0 amide bonds. The number of aromatic nitrogens is 2. The van der Waals surface area contributed by atoms with Gasteiger partial charge in [0.1, 0.15) is 10.3 Å². The molecule has 0 fully saturated rings. The number of hydrogen-bond donors (Lipinski definition) is 0.